The van der Waals surface area contributed by atoms with Gasteiger partial charge in [-0.05, 0) is 35.4 Å². The summed E-state index contributed by atoms with van der Waals surface area (Å²) in [6.45, 7) is 3.73. The number of rotatable bonds is 1. The van der Waals surface area contributed by atoms with Crippen LogP contribution in [0.5, 0.6) is 5.75 Å². The van der Waals surface area contributed by atoms with Crippen molar-refractivity contribution in [1.29, 1.82) is 0 Å². The average Bonchev–Trinajstić information content (AvgIpc) is 2.61. The Morgan fingerprint density at radius 1 is 1.14 bits per heavy atom. The Morgan fingerprint density at radius 3 is 2.45 bits per heavy atom. The summed E-state index contributed by atoms with van der Waals surface area (Å²) in [5, 5.41) is 0.550. The van der Waals surface area contributed by atoms with Crippen molar-refractivity contribution in [3.8, 4) is 16.9 Å². The minimum atomic E-state index is -4.73. The molecule has 1 nitrogen and oxygen atoms in total. The van der Waals surface area contributed by atoms with Gasteiger partial charge in [-0.2, -0.15) is 0 Å². The second-order valence-corrected chi connectivity index (χ2v) is 6.95. The third kappa shape index (κ3) is 2.40. The maximum Gasteiger partial charge on any atom is 0.573 e. The van der Waals surface area contributed by atoms with Gasteiger partial charge in [-0.15, -0.1) is 13.2 Å². The van der Waals surface area contributed by atoms with Crippen LogP contribution in [-0.2, 0) is 5.41 Å². The Kier molecular flexibility index (Phi) is 3.49. The van der Waals surface area contributed by atoms with Crippen molar-refractivity contribution < 1.29 is 17.9 Å². The van der Waals surface area contributed by atoms with E-state index in [0.717, 1.165) is 21.2 Å². The van der Waals surface area contributed by atoms with E-state index in [-0.39, 0.29) is 5.75 Å². The maximum absolute atomic E-state index is 12.7. The number of halogens is 5. The first-order valence-corrected chi connectivity index (χ1v) is 7.67. The highest BCUT2D eigenvalue weighted by Crippen LogP contribution is 2.55. The molecule has 116 valence electrons. The molecule has 0 atom stereocenters. The van der Waals surface area contributed by atoms with Crippen molar-refractivity contribution in [2.45, 2.75) is 25.6 Å². The average molecular weight is 392 g/mol. The topological polar surface area (TPSA) is 9.23 Å². The fourth-order valence-electron chi connectivity index (χ4n) is 3.04. The number of benzene rings is 2. The molecular weight excluding hydrogens is 381 g/mol. The first kappa shape index (κ1) is 15.7. The fourth-order valence-corrected chi connectivity index (χ4v) is 3.75. The van der Waals surface area contributed by atoms with Gasteiger partial charge in [0.15, 0.2) is 0 Å². The van der Waals surface area contributed by atoms with Gasteiger partial charge in [0.2, 0.25) is 0 Å². The first-order valence-electron chi connectivity index (χ1n) is 6.50. The molecule has 0 aliphatic heterocycles. The van der Waals surface area contributed by atoms with Crippen LogP contribution in [0.3, 0.4) is 0 Å². The van der Waals surface area contributed by atoms with E-state index in [4.69, 9.17) is 11.6 Å². The number of hydrogen-bond donors (Lipinski definition) is 0. The predicted molar refractivity (Wildman–Crippen MR) is 83.4 cm³/mol. The van der Waals surface area contributed by atoms with E-state index in [1.165, 1.54) is 6.07 Å². The van der Waals surface area contributed by atoms with Gasteiger partial charge in [-0.1, -0.05) is 47.4 Å². The van der Waals surface area contributed by atoms with E-state index in [0.29, 0.717) is 10.6 Å². The molecule has 0 spiro atoms. The van der Waals surface area contributed by atoms with Crippen LogP contribution in [0.4, 0.5) is 13.2 Å². The molecule has 1 aliphatic rings. The quantitative estimate of drug-likeness (QED) is 0.554. The third-order valence-electron chi connectivity index (χ3n) is 3.89. The molecule has 3 rings (SSSR count). The summed E-state index contributed by atoms with van der Waals surface area (Å²) in [6.07, 6.45) is -4.73. The largest absolute Gasteiger partial charge is 0.573 e. The summed E-state index contributed by atoms with van der Waals surface area (Å²) in [5.41, 5.74) is 2.34. The maximum atomic E-state index is 12.7. The minimum absolute atomic E-state index is 0.178. The smallest absolute Gasteiger partial charge is 0.405 e. The van der Waals surface area contributed by atoms with Crippen LogP contribution in [0, 0.1) is 0 Å². The van der Waals surface area contributed by atoms with Gasteiger partial charge in [0, 0.05) is 26.0 Å². The highest BCUT2D eigenvalue weighted by atomic mass is 79.9. The molecule has 0 N–H and O–H groups in total. The molecule has 2 aromatic rings. The van der Waals surface area contributed by atoms with Gasteiger partial charge in [0.1, 0.15) is 5.75 Å². The molecule has 0 heterocycles. The fraction of sp³-hybridized carbons (Fsp3) is 0.250. The molecule has 0 radical (unpaired) electrons. The molecule has 0 unspecified atom stereocenters. The second-order valence-electron chi connectivity index (χ2n) is 5.66. The number of alkyl halides is 3. The molecule has 6 heteroatoms. The van der Waals surface area contributed by atoms with Crippen molar-refractivity contribution in [2.75, 3.05) is 0 Å². The Labute approximate surface area is 139 Å². The standard InChI is InChI=1S/C16H11BrClF3O/c1-15(2)10-7-8(18)3-4-9(10)13-11(17)5-6-12(14(13)15)22-16(19,20)21/h3-7H,1-2H3. The van der Waals surface area contributed by atoms with Crippen LogP contribution in [-0.4, -0.2) is 6.36 Å². The van der Waals surface area contributed by atoms with E-state index in [2.05, 4.69) is 20.7 Å². The van der Waals surface area contributed by atoms with Gasteiger partial charge in [-0.25, -0.2) is 0 Å². The minimum Gasteiger partial charge on any atom is -0.405 e. The summed E-state index contributed by atoms with van der Waals surface area (Å²) in [6, 6.07) is 8.26. The zero-order valence-electron chi connectivity index (χ0n) is 11.7. The van der Waals surface area contributed by atoms with Crippen LogP contribution in [0.1, 0.15) is 25.0 Å². The van der Waals surface area contributed by atoms with Crippen molar-refractivity contribution in [2.24, 2.45) is 0 Å². The summed E-state index contributed by atoms with van der Waals surface area (Å²) < 4.78 is 43.1. The molecule has 0 bridgehead atoms. The monoisotopic (exact) mass is 390 g/mol. The van der Waals surface area contributed by atoms with Crippen molar-refractivity contribution in [3.63, 3.8) is 0 Å². The van der Waals surface area contributed by atoms with Crippen molar-refractivity contribution in [1.82, 2.24) is 0 Å². The second kappa shape index (κ2) is 4.90. The highest BCUT2D eigenvalue weighted by molar-refractivity contribution is 9.10. The van der Waals surface area contributed by atoms with Gasteiger partial charge >= 0.3 is 6.36 Å². The molecule has 0 aromatic heterocycles. The van der Waals surface area contributed by atoms with E-state index in [9.17, 15) is 13.2 Å². The van der Waals surface area contributed by atoms with Crippen LogP contribution in [0.2, 0.25) is 5.02 Å². The zero-order chi connectivity index (χ0) is 16.3. The summed E-state index contributed by atoms with van der Waals surface area (Å²) >= 11 is 9.49. The number of hydrogen-bond acceptors (Lipinski definition) is 1. The SMILES string of the molecule is CC1(C)c2cc(Cl)ccc2-c2c(Br)ccc(OC(F)(F)F)c21. The van der Waals surface area contributed by atoms with Crippen LogP contribution in [0.15, 0.2) is 34.8 Å². The zero-order valence-corrected chi connectivity index (χ0v) is 14.0. The molecule has 0 saturated carbocycles. The lowest BCUT2D eigenvalue weighted by atomic mass is 9.82. The Morgan fingerprint density at radius 2 is 1.82 bits per heavy atom. The molecule has 1 aliphatic carbocycles. The van der Waals surface area contributed by atoms with E-state index in [1.54, 1.807) is 18.2 Å². The van der Waals surface area contributed by atoms with E-state index in [1.807, 2.05) is 19.9 Å². The van der Waals surface area contributed by atoms with Gasteiger partial charge < -0.3 is 4.74 Å². The first-order chi connectivity index (χ1) is 10.1. The lowest BCUT2D eigenvalue weighted by Gasteiger charge is -2.24. The Hall–Kier alpha value is -1.20. The molecule has 22 heavy (non-hydrogen) atoms. The van der Waals surface area contributed by atoms with Crippen molar-refractivity contribution in [3.05, 3.63) is 51.0 Å². The van der Waals surface area contributed by atoms with E-state index >= 15 is 0 Å². The molecular formula is C16H11BrClF3O. The van der Waals surface area contributed by atoms with Gasteiger partial charge in [-0.3, -0.25) is 0 Å². The van der Waals surface area contributed by atoms with Crippen molar-refractivity contribution >= 4 is 27.5 Å². The van der Waals surface area contributed by atoms with Gasteiger partial charge in [0.05, 0.1) is 0 Å². The number of ether oxygens (including phenoxy) is 1. The lowest BCUT2D eigenvalue weighted by Crippen LogP contribution is -2.22. The molecule has 2 aromatic carbocycles. The lowest BCUT2D eigenvalue weighted by molar-refractivity contribution is -0.275. The Bertz CT molecular complexity index is 769. The Balaban J connectivity index is 2.31. The van der Waals surface area contributed by atoms with Crippen LogP contribution >= 0.6 is 27.5 Å². The molecule has 0 amide bonds. The third-order valence-corrected chi connectivity index (χ3v) is 4.79. The summed E-state index contributed by atoms with van der Waals surface area (Å²) in [7, 11) is 0. The molecule has 0 saturated heterocycles. The number of fused-ring (bicyclic) bond motifs is 3. The summed E-state index contributed by atoms with van der Waals surface area (Å²) in [4.78, 5) is 0. The van der Waals surface area contributed by atoms with Gasteiger partial charge in [0.25, 0.3) is 0 Å². The predicted octanol–water partition coefficient (Wildman–Crippen LogP) is 6.31. The summed E-state index contributed by atoms with van der Waals surface area (Å²) in [5.74, 6) is -0.178. The highest BCUT2D eigenvalue weighted by Gasteiger charge is 2.42. The molecule has 0 fully saturated rings. The van der Waals surface area contributed by atoms with Crippen LogP contribution < -0.4 is 4.74 Å². The normalized spacial score (nSPS) is 15.4. The van der Waals surface area contributed by atoms with Crippen LogP contribution in [0.25, 0.3) is 11.1 Å². The van der Waals surface area contributed by atoms with E-state index < -0.39 is 11.8 Å².